The van der Waals surface area contributed by atoms with E-state index in [0.29, 0.717) is 22.9 Å². The Morgan fingerprint density at radius 3 is 2.61 bits per heavy atom. The summed E-state index contributed by atoms with van der Waals surface area (Å²) in [5, 5.41) is 4.15. The lowest BCUT2D eigenvalue weighted by molar-refractivity contribution is 0.0685. The minimum atomic E-state index is 0.423. The van der Waals surface area contributed by atoms with Crippen LogP contribution < -0.4 is 16.0 Å². The summed E-state index contributed by atoms with van der Waals surface area (Å²) in [7, 11) is 2.07. The van der Waals surface area contributed by atoms with Gasteiger partial charge in [-0.1, -0.05) is 11.6 Å². The van der Waals surface area contributed by atoms with Crippen molar-refractivity contribution in [1.82, 2.24) is 15.0 Å². The number of halogens is 1. The van der Waals surface area contributed by atoms with E-state index in [1.165, 1.54) is 12.8 Å². The van der Waals surface area contributed by atoms with Crippen molar-refractivity contribution in [3.8, 4) is 11.3 Å². The van der Waals surface area contributed by atoms with Crippen LogP contribution in [0.2, 0.25) is 5.02 Å². The Bertz CT molecular complexity index is 852. The Labute approximate surface area is 189 Å². The quantitative estimate of drug-likeness (QED) is 0.667. The van der Waals surface area contributed by atoms with Crippen LogP contribution in [0.3, 0.4) is 0 Å². The Hall–Kier alpha value is -1.96. The van der Waals surface area contributed by atoms with E-state index in [4.69, 9.17) is 27.1 Å². The number of anilines is 2. The molecular weight excluding hydrogens is 412 g/mol. The van der Waals surface area contributed by atoms with Gasteiger partial charge in [0.2, 0.25) is 0 Å². The highest BCUT2D eigenvalue weighted by molar-refractivity contribution is 6.33. The molecule has 7 nitrogen and oxygen atoms in total. The predicted molar refractivity (Wildman–Crippen MR) is 126 cm³/mol. The normalized spacial score (nSPS) is 22.3. The van der Waals surface area contributed by atoms with Crippen LogP contribution in [0.4, 0.5) is 11.6 Å². The van der Waals surface area contributed by atoms with Crippen molar-refractivity contribution >= 4 is 23.2 Å². The third-order valence-corrected chi connectivity index (χ3v) is 6.85. The van der Waals surface area contributed by atoms with E-state index < -0.39 is 0 Å². The van der Waals surface area contributed by atoms with Crippen molar-refractivity contribution in [1.29, 1.82) is 0 Å². The van der Waals surface area contributed by atoms with E-state index in [2.05, 4.69) is 27.2 Å². The molecule has 31 heavy (non-hydrogen) atoms. The summed E-state index contributed by atoms with van der Waals surface area (Å²) in [4.78, 5) is 16.0. The highest BCUT2D eigenvalue weighted by Gasteiger charge is 2.21. The zero-order valence-electron chi connectivity index (χ0n) is 18.3. The molecule has 0 atom stereocenters. The lowest BCUT2D eigenvalue weighted by atomic mass is 9.86. The van der Waals surface area contributed by atoms with Gasteiger partial charge < -0.3 is 20.7 Å². The van der Waals surface area contributed by atoms with Gasteiger partial charge in [-0.25, -0.2) is 9.97 Å². The second kappa shape index (κ2) is 10.6. The fourth-order valence-electron chi connectivity index (χ4n) is 4.54. The van der Waals surface area contributed by atoms with Crippen LogP contribution in [0.25, 0.3) is 11.3 Å². The number of aromatic nitrogens is 3. The van der Waals surface area contributed by atoms with Crippen molar-refractivity contribution in [3.05, 3.63) is 29.7 Å². The van der Waals surface area contributed by atoms with Gasteiger partial charge in [0.15, 0.2) is 0 Å². The summed E-state index contributed by atoms with van der Waals surface area (Å²) in [6.07, 6.45) is 12.0. The van der Waals surface area contributed by atoms with Crippen LogP contribution in [-0.2, 0) is 4.74 Å². The van der Waals surface area contributed by atoms with Gasteiger partial charge >= 0.3 is 0 Å². The summed E-state index contributed by atoms with van der Waals surface area (Å²) >= 11 is 6.50. The molecule has 0 unspecified atom stereocenters. The van der Waals surface area contributed by atoms with E-state index >= 15 is 0 Å². The maximum absolute atomic E-state index is 6.50. The second-order valence-electron chi connectivity index (χ2n) is 8.85. The lowest BCUT2D eigenvalue weighted by Gasteiger charge is -2.28. The molecule has 0 bridgehead atoms. The van der Waals surface area contributed by atoms with Gasteiger partial charge in [0.1, 0.15) is 11.6 Å². The molecule has 168 valence electrons. The van der Waals surface area contributed by atoms with Crippen molar-refractivity contribution in [3.63, 3.8) is 0 Å². The minimum Gasteiger partial charge on any atom is -0.381 e. The molecule has 0 aromatic carbocycles. The number of pyridine rings is 1. The van der Waals surface area contributed by atoms with Gasteiger partial charge in [0.05, 0.1) is 23.1 Å². The summed E-state index contributed by atoms with van der Waals surface area (Å²) in [5.74, 6) is 2.96. The van der Waals surface area contributed by atoms with Crippen molar-refractivity contribution in [2.45, 2.75) is 44.6 Å². The molecule has 3 N–H and O–H groups in total. The molecule has 1 aliphatic carbocycles. The monoisotopic (exact) mass is 444 g/mol. The molecule has 0 spiro atoms. The molecule has 0 radical (unpaired) electrons. The Morgan fingerprint density at radius 2 is 1.87 bits per heavy atom. The molecule has 2 fully saturated rings. The lowest BCUT2D eigenvalue weighted by Crippen LogP contribution is -2.30. The van der Waals surface area contributed by atoms with Gasteiger partial charge in [-0.2, -0.15) is 0 Å². The first-order valence-corrected chi connectivity index (χ1v) is 11.7. The fourth-order valence-corrected chi connectivity index (χ4v) is 4.74. The second-order valence-corrected chi connectivity index (χ2v) is 9.25. The molecule has 2 aromatic heterocycles. The predicted octanol–water partition coefficient (Wildman–Crippen LogP) is 3.98. The van der Waals surface area contributed by atoms with E-state index in [1.54, 1.807) is 12.4 Å². The molecule has 2 aromatic rings. The average molecular weight is 445 g/mol. The first kappa shape index (κ1) is 22.2. The summed E-state index contributed by atoms with van der Waals surface area (Å²) < 4.78 is 5.48. The topological polar surface area (TPSA) is 89.2 Å². The fraction of sp³-hybridized carbons (Fsp3) is 0.609. The number of nitrogens with two attached hydrogens (primary N) is 1. The maximum atomic E-state index is 6.50. The van der Waals surface area contributed by atoms with Crippen molar-refractivity contribution < 1.29 is 4.74 Å². The number of nitrogens with zero attached hydrogens (tertiary/aromatic N) is 4. The summed E-state index contributed by atoms with van der Waals surface area (Å²) in [6, 6.07) is 2.41. The van der Waals surface area contributed by atoms with Gasteiger partial charge in [-0.15, -0.1) is 0 Å². The Morgan fingerprint density at radius 1 is 1.10 bits per heavy atom. The van der Waals surface area contributed by atoms with Crippen LogP contribution in [-0.4, -0.2) is 54.3 Å². The molecule has 3 heterocycles. The average Bonchev–Trinajstić information content (AvgIpc) is 2.81. The molecule has 4 rings (SSSR count). The zero-order valence-corrected chi connectivity index (χ0v) is 19.0. The van der Waals surface area contributed by atoms with Crippen LogP contribution in [0, 0.1) is 11.8 Å². The number of hydrogen-bond acceptors (Lipinski definition) is 7. The third-order valence-electron chi connectivity index (χ3n) is 6.55. The van der Waals surface area contributed by atoms with Gasteiger partial charge in [0, 0.05) is 44.6 Å². The van der Waals surface area contributed by atoms with Gasteiger partial charge in [-0.3, -0.25) is 4.98 Å². The van der Waals surface area contributed by atoms with Crippen molar-refractivity contribution in [2.24, 2.45) is 17.6 Å². The smallest absolute Gasteiger partial charge is 0.147 e. The standard InChI is InChI=1S/C23H33ClN6O/c1-30(15-17-6-8-31-9-7-17)23-14-26-13-21(29-23)19-10-22(27-12-20(19)24)28-18-4-2-16(11-25)3-5-18/h10,12-14,16-18H,2-9,11,15,25H2,1H3,(H,27,28)/t16-,18-. The van der Waals surface area contributed by atoms with E-state index in [0.717, 1.165) is 74.9 Å². The van der Waals surface area contributed by atoms with Gasteiger partial charge in [-0.05, 0) is 63.0 Å². The van der Waals surface area contributed by atoms with E-state index in [1.807, 2.05) is 12.3 Å². The van der Waals surface area contributed by atoms with Crippen LogP contribution in [0.15, 0.2) is 24.7 Å². The van der Waals surface area contributed by atoms with Crippen LogP contribution >= 0.6 is 11.6 Å². The summed E-state index contributed by atoms with van der Waals surface area (Å²) in [5.41, 5.74) is 7.43. The number of nitrogens with one attached hydrogen (secondary N) is 1. The third kappa shape index (κ3) is 5.84. The van der Waals surface area contributed by atoms with Gasteiger partial charge in [0.25, 0.3) is 0 Å². The van der Waals surface area contributed by atoms with E-state index in [9.17, 15) is 0 Å². The minimum absolute atomic E-state index is 0.423. The van der Waals surface area contributed by atoms with E-state index in [-0.39, 0.29) is 0 Å². The molecule has 0 amide bonds. The first-order chi connectivity index (χ1) is 15.1. The Kier molecular flexibility index (Phi) is 7.58. The molecule has 1 aliphatic heterocycles. The maximum Gasteiger partial charge on any atom is 0.147 e. The SMILES string of the molecule is CN(CC1CCOCC1)c1cncc(-c2cc(N[C@H]3CC[C@H](CN)CC3)ncc2Cl)n1. The van der Waals surface area contributed by atoms with Crippen molar-refractivity contribution in [2.75, 3.05) is 43.6 Å². The highest BCUT2D eigenvalue weighted by atomic mass is 35.5. The summed E-state index contributed by atoms with van der Waals surface area (Å²) in [6.45, 7) is 3.43. The number of hydrogen-bond donors (Lipinski definition) is 2. The molecule has 1 saturated carbocycles. The number of ether oxygens (including phenoxy) is 1. The van der Waals surface area contributed by atoms with Crippen LogP contribution in [0.5, 0.6) is 0 Å². The molecule has 8 heteroatoms. The van der Waals surface area contributed by atoms with Crippen LogP contribution in [0.1, 0.15) is 38.5 Å². The number of rotatable bonds is 7. The highest BCUT2D eigenvalue weighted by Crippen LogP contribution is 2.31. The largest absolute Gasteiger partial charge is 0.381 e. The molecule has 1 saturated heterocycles. The first-order valence-electron chi connectivity index (χ1n) is 11.4. The zero-order chi connectivity index (χ0) is 21.6. The molecule has 2 aliphatic rings. The molecular formula is C23H33ClN6O. The Balaban J connectivity index is 1.46.